The van der Waals surface area contributed by atoms with E-state index in [0.29, 0.717) is 42.9 Å². The second-order valence-corrected chi connectivity index (χ2v) is 12.0. The number of guanidine groups is 1. The molecule has 0 saturated heterocycles. The van der Waals surface area contributed by atoms with Crippen LogP contribution in [-0.4, -0.2) is 66.6 Å². The van der Waals surface area contributed by atoms with Gasteiger partial charge < -0.3 is 36.5 Å². The third-order valence-electron chi connectivity index (χ3n) is 5.80. The first kappa shape index (κ1) is 36.3. The van der Waals surface area contributed by atoms with Crippen molar-refractivity contribution >= 4 is 41.7 Å². The van der Waals surface area contributed by atoms with E-state index in [2.05, 4.69) is 20.6 Å². The lowest BCUT2D eigenvalue weighted by Gasteiger charge is -2.24. The lowest BCUT2D eigenvalue weighted by molar-refractivity contribution is 0.0539. The summed E-state index contributed by atoms with van der Waals surface area (Å²) in [4.78, 5) is 44.4. The van der Waals surface area contributed by atoms with Gasteiger partial charge in [0.1, 0.15) is 17.0 Å². The number of carbonyl (C=O) groups excluding carboxylic acids is 3. The van der Waals surface area contributed by atoms with Crippen LogP contribution in [0.15, 0.2) is 58.5 Å². The van der Waals surface area contributed by atoms with Crippen LogP contribution in [0, 0.1) is 5.82 Å². The molecule has 0 unspecified atom stereocenters. The molecule has 1 aliphatic heterocycles. The molecule has 0 fully saturated rings. The number of nitrogens with two attached hydrogens (primary N) is 2. The van der Waals surface area contributed by atoms with Crippen molar-refractivity contribution in [1.29, 1.82) is 0 Å². The molecular formula is C32H44FN7O5. The summed E-state index contributed by atoms with van der Waals surface area (Å²) < 4.78 is 24.9. The number of hydrogen-bond donors (Lipinski definition) is 4. The fourth-order valence-electron chi connectivity index (χ4n) is 3.78. The second kappa shape index (κ2) is 16.2. The predicted molar refractivity (Wildman–Crippen MR) is 174 cm³/mol. The van der Waals surface area contributed by atoms with Gasteiger partial charge in [0.15, 0.2) is 5.96 Å². The van der Waals surface area contributed by atoms with E-state index in [9.17, 15) is 18.8 Å². The Balaban J connectivity index is 0.000000681. The maximum atomic E-state index is 14.9. The number of benzene rings is 2. The van der Waals surface area contributed by atoms with Gasteiger partial charge in [0.2, 0.25) is 0 Å². The van der Waals surface area contributed by atoms with Crippen LogP contribution >= 0.6 is 0 Å². The standard InChI is InChI=1S/C26H31FN6O3.C6H13NO2/c1-26(2,3)36-25(35)31-16-33-12-10-18(11-13-33)21-9-8-20(14-22(21)27)32-23(34)19-6-4-17(5-7-19)15-30-24(28)29;1-6(2,3)9-5(8)7-4/h4-10,14,16H,11-13,15H2,1-3H3,(H,32,34)(H4,28,29,30);1-4H3,(H,7,8)/b31-16+;. The molecule has 1 heterocycles. The molecule has 45 heavy (non-hydrogen) atoms. The molecule has 12 nitrogen and oxygen atoms in total. The van der Waals surface area contributed by atoms with Crippen molar-refractivity contribution in [3.05, 3.63) is 71.0 Å². The van der Waals surface area contributed by atoms with E-state index in [1.807, 2.05) is 31.7 Å². The van der Waals surface area contributed by atoms with E-state index in [4.69, 9.17) is 20.9 Å². The summed E-state index contributed by atoms with van der Waals surface area (Å²) in [5.74, 6) is -0.787. The third-order valence-corrected chi connectivity index (χ3v) is 5.80. The van der Waals surface area contributed by atoms with Crippen LogP contribution in [0.4, 0.5) is 19.7 Å². The maximum Gasteiger partial charge on any atom is 0.435 e. The van der Waals surface area contributed by atoms with Gasteiger partial charge in [-0.05, 0) is 89.4 Å². The molecule has 13 heteroatoms. The number of alkyl carbamates (subject to hydrolysis) is 1. The second-order valence-electron chi connectivity index (χ2n) is 12.0. The molecule has 0 spiro atoms. The highest BCUT2D eigenvalue weighted by Gasteiger charge is 2.18. The number of ether oxygens (including phenoxy) is 2. The molecule has 6 N–H and O–H groups in total. The summed E-state index contributed by atoms with van der Waals surface area (Å²) in [6.07, 6.45) is 2.88. The van der Waals surface area contributed by atoms with Crippen LogP contribution in [0.25, 0.3) is 5.57 Å². The van der Waals surface area contributed by atoms with Gasteiger partial charge >= 0.3 is 12.2 Å². The molecule has 3 amide bonds. The zero-order valence-electron chi connectivity index (χ0n) is 26.9. The van der Waals surface area contributed by atoms with Crippen molar-refractivity contribution < 1.29 is 28.2 Å². The number of nitrogens with one attached hydrogen (secondary N) is 2. The highest BCUT2D eigenvalue weighted by molar-refractivity contribution is 6.04. The molecule has 0 radical (unpaired) electrons. The Morgan fingerprint density at radius 3 is 2.13 bits per heavy atom. The Morgan fingerprint density at radius 1 is 1.00 bits per heavy atom. The molecule has 0 aromatic heterocycles. The number of nitrogens with zero attached hydrogens (tertiary/aromatic N) is 3. The van der Waals surface area contributed by atoms with Crippen molar-refractivity contribution in [2.75, 3.05) is 25.5 Å². The van der Waals surface area contributed by atoms with Gasteiger partial charge in [0, 0.05) is 37.0 Å². The van der Waals surface area contributed by atoms with E-state index >= 15 is 0 Å². The monoisotopic (exact) mass is 625 g/mol. The first-order valence-electron chi connectivity index (χ1n) is 14.3. The van der Waals surface area contributed by atoms with Crippen molar-refractivity contribution in [3.8, 4) is 0 Å². The van der Waals surface area contributed by atoms with Crippen LogP contribution in [0.3, 0.4) is 0 Å². The summed E-state index contributed by atoms with van der Waals surface area (Å²) in [5, 5.41) is 5.07. The molecule has 0 aliphatic carbocycles. The largest absolute Gasteiger partial charge is 0.444 e. The lowest BCUT2D eigenvalue weighted by atomic mass is 9.99. The highest BCUT2D eigenvalue weighted by Crippen LogP contribution is 2.27. The fourth-order valence-corrected chi connectivity index (χ4v) is 3.78. The van der Waals surface area contributed by atoms with Crippen molar-refractivity contribution in [2.45, 2.75) is 65.7 Å². The van der Waals surface area contributed by atoms with Crippen molar-refractivity contribution in [1.82, 2.24) is 10.2 Å². The van der Waals surface area contributed by atoms with Gasteiger partial charge in [0.25, 0.3) is 5.91 Å². The average molecular weight is 626 g/mol. The third kappa shape index (κ3) is 13.9. The van der Waals surface area contributed by atoms with E-state index < -0.39 is 17.5 Å². The summed E-state index contributed by atoms with van der Waals surface area (Å²) >= 11 is 0. The molecule has 244 valence electrons. The molecule has 0 saturated carbocycles. The number of aliphatic imine (C=N–C) groups is 2. The first-order chi connectivity index (χ1) is 21.0. The van der Waals surface area contributed by atoms with Gasteiger partial charge in [-0.15, -0.1) is 0 Å². The van der Waals surface area contributed by atoms with Crippen LogP contribution in [0.5, 0.6) is 0 Å². The van der Waals surface area contributed by atoms with Gasteiger partial charge in [-0.3, -0.25) is 4.79 Å². The van der Waals surface area contributed by atoms with Crippen LogP contribution in [0.2, 0.25) is 0 Å². The van der Waals surface area contributed by atoms with Gasteiger partial charge in [0.05, 0.1) is 12.9 Å². The number of amides is 3. The maximum absolute atomic E-state index is 14.9. The van der Waals surface area contributed by atoms with Crippen LogP contribution in [-0.2, 0) is 16.0 Å². The molecular weight excluding hydrogens is 581 g/mol. The number of halogens is 1. The van der Waals surface area contributed by atoms with E-state index in [1.54, 1.807) is 57.2 Å². The van der Waals surface area contributed by atoms with Crippen molar-refractivity contribution in [3.63, 3.8) is 0 Å². The fraction of sp³-hybridized carbons (Fsp3) is 0.406. The first-order valence-corrected chi connectivity index (χ1v) is 14.3. The topological polar surface area (TPSA) is 174 Å². The van der Waals surface area contributed by atoms with Crippen LogP contribution in [0.1, 0.15) is 69.4 Å². The SMILES string of the molecule is CC(C)(C)OC(=O)/N=C/N1CC=C(c2ccc(NC(=O)c3ccc(CN=C(N)N)cc3)cc2F)CC1.CNC(=O)OC(C)(C)C. The summed E-state index contributed by atoms with van der Waals surface area (Å²) in [6, 6.07) is 11.4. The van der Waals surface area contributed by atoms with Gasteiger partial charge in [-0.25, -0.2) is 19.0 Å². The summed E-state index contributed by atoms with van der Waals surface area (Å²) in [5.41, 5.74) is 12.6. The Bertz CT molecular complexity index is 1420. The molecule has 2 aromatic carbocycles. The molecule has 2 aromatic rings. The number of rotatable bonds is 6. The molecule has 3 rings (SSSR count). The van der Waals surface area contributed by atoms with E-state index in [-0.39, 0.29) is 23.6 Å². The van der Waals surface area contributed by atoms with E-state index in [1.165, 1.54) is 19.5 Å². The van der Waals surface area contributed by atoms with Gasteiger partial charge in [-0.1, -0.05) is 18.2 Å². The molecule has 0 bridgehead atoms. The molecule has 1 aliphatic rings. The van der Waals surface area contributed by atoms with Gasteiger partial charge in [-0.2, -0.15) is 4.99 Å². The minimum Gasteiger partial charge on any atom is -0.444 e. The predicted octanol–water partition coefficient (Wildman–Crippen LogP) is 5.04. The average Bonchev–Trinajstić information content (AvgIpc) is 2.94. The summed E-state index contributed by atoms with van der Waals surface area (Å²) in [7, 11) is 1.54. The number of carbonyl (C=O) groups is 3. The summed E-state index contributed by atoms with van der Waals surface area (Å²) in [6.45, 7) is 12.2. The van der Waals surface area contributed by atoms with Crippen LogP contribution < -0.4 is 22.1 Å². The number of hydrogen-bond acceptors (Lipinski definition) is 6. The van der Waals surface area contributed by atoms with E-state index in [0.717, 1.165) is 11.1 Å². The highest BCUT2D eigenvalue weighted by atomic mass is 19.1. The minimum absolute atomic E-state index is 0.00403. The molecule has 0 atom stereocenters. The Hall–Kier alpha value is -4.94. The smallest absolute Gasteiger partial charge is 0.435 e. The Morgan fingerprint density at radius 2 is 1.64 bits per heavy atom. The minimum atomic E-state index is -0.650. The normalized spacial score (nSPS) is 13.2. The zero-order valence-corrected chi connectivity index (χ0v) is 26.9. The Labute approximate surface area is 263 Å². The zero-order chi connectivity index (χ0) is 33.8. The lowest BCUT2D eigenvalue weighted by Crippen LogP contribution is -2.30. The number of anilines is 1. The quantitative estimate of drug-likeness (QED) is 0.255. The Kier molecular flexibility index (Phi) is 13.1. The van der Waals surface area contributed by atoms with Crippen molar-refractivity contribution in [2.24, 2.45) is 21.5 Å².